The summed E-state index contributed by atoms with van der Waals surface area (Å²) in [4.78, 5) is 11.3. The first kappa shape index (κ1) is 11.1. The zero-order valence-electron chi connectivity index (χ0n) is 7.39. The lowest BCUT2D eigenvalue weighted by molar-refractivity contribution is 0.0950. The molecule has 3 N–H and O–H groups in total. The van der Waals surface area contributed by atoms with Crippen LogP contribution in [0.2, 0.25) is 0 Å². The number of nitrogens with one attached hydrogen (secondary N) is 1. The van der Waals surface area contributed by atoms with Crippen molar-refractivity contribution in [3.63, 3.8) is 0 Å². The Balaban J connectivity index is 2.84. The Hall–Kier alpha value is -0.940. The fraction of sp³-hybridized carbons (Fsp3) is 0.222. The third-order valence-electron chi connectivity index (χ3n) is 1.63. The molecule has 0 saturated carbocycles. The molecule has 0 atom stereocenters. The van der Waals surface area contributed by atoms with Crippen LogP contribution in [0.3, 0.4) is 0 Å². The van der Waals surface area contributed by atoms with Crippen LogP contribution in [-0.2, 0) is 0 Å². The molecule has 0 aromatic heterocycles. The zero-order chi connectivity index (χ0) is 10.6. The SMILES string of the molecule is NCCNC(=O)c1cccc(Br)c1F. The number of hydrogen-bond donors (Lipinski definition) is 2. The molecule has 14 heavy (non-hydrogen) atoms. The van der Waals surface area contributed by atoms with Gasteiger partial charge in [-0.1, -0.05) is 6.07 Å². The molecule has 0 aliphatic carbocycles. The van der Waals surface area contributed by atoms with E-state index in [1.807, 2.05) is 0 Å². The number of carbonyl (C=O) groups is 1. The molecule has 5 heteroatoms. The third-order valence-corrected chi connectivity index (χ3v) is 2.24. The molecule has 76 valence electrons. The number of hydrogen-bond acceptors (Lipinski definition) is 2. The fourth-order valence-electron chi connectivity index (χ4n) is 0.960. The Labute approximate surface area is 89.6 Å². The molecule has 1 amide bonds. The molecule has 0 radical (unpaired) electrons. The van der Waals surface area contributed by atoms with Crippen molar-refractivity contribution in [1.82, 2.24) is 5.32 Å². The summed E-state index contributed by atoms with van der Waals surface area (Å²) < 4.78 is 13.6. The summed E-state index contributed by atoms with van der Waals surface area (Å²) in [7, 11) is 0. The summed E-state index contributed by atoms with van der Waals surface area (Å²) in [6.45, 7) is 0.673. The van der Waals surface area contributed by atoms with Crippen molar-refractivity contribution in [2.24, 2.45) is 5.73 Å². The summed E-state index contributed by atoms with van der Waals surface area (Å²) in [6, 6.07) is 4.56. The van der Waals surface area contributed by atoms with Crippen molar-refractivity contribution in [3.8, 4) is 0 Å². The van der Waals surface area contributed by atoms with Gasteiger partial charge in [0.1, 0.15) is 5.82 Å². The van der Waals surface area contributed by atoms with Crippen molar-refractivity contribution < 1.29 is 9.18 Å². The standard InChI is InChI=1S/C9H10BrFN2O/c10-7-3-1-2-6(8(7)11)9(14)13-5-4-12/h1-3H,4-5,12H2,(H,13,14). The van der Waals surface area contributed by atoms with Gasteiger partial charge in [-0.15, -0.1) is 0 Å². The van der Waals surface area contributed by atoms with Crippen LogP contribution in [0.5, 0.6) is 0 Å². The number of amides is 1. The highest BCUT2D eigenvalue weighted by molar-refractivity contribution is 9.10. The Morgan fingerprint density at radius 3 is 2.93 bits per heavy atom. The molecule has 1 rings (SSSR count). The second-order valence-electron chi connectivity index (χ2n) is 2.65. The molecular formula is C9H10BrFN2O. The molecule has 0 bridgehead atoms. The van der Waals surface area contributed by atoms with Crippen molar-refractivity contribution in [3.05, 3.63) is 34.1 Å². The zero-order valence-corrected chi connectivity index (χ0v) is 8.97. The van der Waals surface area contributed by atoms with E-state index in [4.69, 9.17) is 5.73 Å². The number of nitrogens with two attached hydrogens (primary N) is 1. The third kappa shape index (κ3) is 2.52. The molecule has 1 aromatic carbocycles. The van der Waals surface area contributed by atoms with Gasteiger partial charge in [-0.3, -0.25) is 4.79 Å². The molecule has 0 aliphatic rings. The van der Waals surface area contributed by atoms with Gasteiger partial charge in [0.25, 0.3) is 5.91 Å². The lowest BCUT2D eigenvalue weighted by Crippen LogP contribution is -2.29. The second-order valence-corrected chi connectivity index (χ2v) is 3.50. The Bertz CT molecular complexity index is 344. The molecule has 0 unspecified atom stereocenters. The smallest absolute Gasteiger partial charge is 0.254 e. The molecule has 0 saturated heterocycles. The van der Waals surface area contributed by atoms with E-state index >= 15 is 0 Å². The van der Waals surface area contributed by atoms with E-state index in [1.165, 1.54) is 12.1 Å². The van der Waals surface area contributed by atoms with Gasteiger partial charge >= 0.3 is 0 Å². The van der Waals surface area contributed by atoms with Crippen molar-refractivity contribution in [2.75, 3.05) is 13.1 Å². The predicted octanol–water partition coefficient (Wildman–Crippen LogP) is 1.28. The van der Waals surface area contributed by atoms with E-state index < -0.39 is 11.7 Å². The van der Waals surface area contributed by atoms with E-state index in [0.717, 1.165) is 0 Å². The van der Waals surface area contributed by atoms with Crippen LogP contribution in [0.15, 0.2) is 22.7 Å². The maximum atomic E-state index is 13.3. The van der Waals surface area contributed by atoms with Gasteiger partial charge in [0.05, 0.1) is 10.0 Å². The monoisotopic (exact) mass is 260 g/mol. The van der Waals surface area contributed by atoms with Crippen LogP contribution in [0, 0.1) is 5.82 Å². The first-order chi connectivity index (χ1) is 6.66. The molecule has 0 spiro atoms. The number of halogens is 2. The highest BCUT2D eigenvalue weighted by atomic mass is 79.9. The summed E-state index contributed by atoms with van der Waals surface area (Å²) >= 11 is 3.00. The minimum Gasteiger partial charge on any atom is -0.351 e. The Morgan fingerprint density at radius 2 is 2.29 bits per heavy atom. The second kappa shape index (κ2) is 5.07. The molecule has 3 nitrogen and oxygen atoms in total. The van der Waals surface area contributed by atoms with Gasteiger partial charge in [0, 0.05) is 13.1 Å². The first-order valence-corrected chi connectivity index (χ1v) is 4.88. The van der Waals surface area contributed by atoms with Crippen molar-refractivity contribution in [1.29, 1.82) is 0 Å². The summed E-state index contributed by atoms with van der Waals surface area (Å²) in [5, 5.41) is 2.49. The van der Waals surface area contributed by atoms with Gasteiger partial charge in [-0.05, 0) is 28.1 Å². The van der Waals surface area contributed by atoms with Crippen LogP contribution < -0.4 is 11.1 Å². The van der Waals surface area contributed by atoms with E-state index in [-0.39, 0.29) is 10.0 Å². The highest BCUT2D eigenvalue weighted by Crippen LogP contribution is 2.18. The van der Waals surface area contributed by atoms with Crippen LogP contribution in [0.1, 0.15) is 10.4 Å². The average Bonchev–Trinajstić information content (AvgIpc) is 2.18. The van der Waals surface area contributed by atoms with E-state index in [0.29, 0.717) is 13.1 Å². The van der Waals surface area contributed by atoms with Gasteiger partial charge < -0.3 is 11.1 Å². The minimum atomic E-state index is -0.554. The van der Waals surface area contributed by atoms with Crippen LogP contribution in [-0.4, -0.2) is 19.0 Å². The molecule has 0 fully saturated rings. The predicted molar refractivity (Wildman–Crippen MR) is 55.5 cm³/mol. The van der Waals surface area contributed by atoms with E-state index in [2.05, 4.69) is 21.2 Å². The van der Waals surface area contributed by atoms with Crippen molar-refractivity contribution >= 4 is 21.8 Å². The minimum absolute atomic E-state index is 0.0211. The molecular weight excluding hydrogens is 251 g/mol. The van der Waals surface area contributed by atoms with Crippen LogP contribution in [0.4, 0.5) is 4.39 Å². The highest BCUT2D eigenvalue weighted by Gasteiger charge is 2.12. The Kier molecular flexibility index (Phi) is 4.03. The number of benzene rings is 1. The quantitative estimate of drug-likeness (QED) is 0.861. The normalized spacial score (nSPS) is 9.93. The van der Waals surface area contributed by atoms with Gasteiger partial charge in [-0.2, -0.15) is 0 Å². The number of rotatable bonds is 3. The maximum Gasteiger partial charge on any atom is 0.254 e. The van der Waals surface area contributed by atoms with Gasteiger partial charge in [0.2, 0.25) is 0 Å². The summed E-state index contributed by atoms with van der Waals surface area (Å²) in [5.74, 6) is -1.00. The van der Waals surface area contributed by atoms with Crippen LogP contribution in [0.25, 0.3) is 0 Å². The topological polar surface area (TPSA) is 55.1 Å². The fourth-order valence-corrected chi connectivity index (χ4v) is 1.33. The largest absolute Gasteiger partial charge is 0.351 e. The lowest BCUT2D eigenvalue weighted by atomic mass is 10.2. The first-order valence-electron chi connectivity index (χ1n) is 4.09. The number of carbonyl (C=O) groups excluding carboxylic acids is 1. The maximum absolute atomic E-state index is 13.3. The van der Waals surface area contributed by atoms with E-state index in [9.17, 15) is 9.18 Å². The average molecular weight is 261 g/mol. The Morgan fingerprint density at radius 1 is 1.57 bits per heavy atom. The summed E-state index contributed by atoms with van der Waals surface area (Å²) in [5.41, 5.74) is 5.23. The van der Waals surface area contributed by atoms with Crippen LogP contribution >= 0.6 is 15.9 Å². The van der Waals surface area contributed by atoms with E-state index in [1.54, 1.807) is 6.07 Å². The molecule has 1 aromatic rings. The van der Waals surface area contributed by atoms with Gasteiger partial charge in [0.15, 0.2) is 0 Å². The summed E-state index contributed by atoms with van der Waals surface area (Å²) in [6.07, 6.45) is 0. The molecule has 0 heterocycles. The molecule has 0 aliphatic heterocycles. The lowest BCUT2D eigenvalue weighted by Gasteiger charge is -2.05. The van der Waals surface area contributed by atoms with Crippen molar-refractivity contribution in [2.45, 2.75) is 0 Å². The van der Waals surface area contributed by atoms with Gasteiger partial charge in [-0.25, -0.2) is 4.39 Å².